The molecule has 1 aromatic rings. The fraction of sp³-hybridized carbons (Fsp3) is 0.538. The monoisotopic (exact) mass is 262 g/mol. The molecule has 0 spiro atoms. The molecule has 0 radical (unpaired) electrons. The van der Waals surface area contributed by atoms with E-state index >= 15 is 0 Å². The Labute approximate surface area is 113 Å². The van der Waals surface area contributed by atoms with Crippen LogP contribution in [0, 0.1) is 0 Å². The molecular weight excluding hydrogens is 244 g/mol. The summed E-state index contributed by atoms with van der Waals surface area (Å²) in [6.45, 7) is 2.45. The topological polar surface area (TPSA) is 54.2 Å². The summed E-state index contributed by atoms with van der Waals surface area (Å²) in [5.41, 5.74) is 7.62. The van der Waals surface area contributed by atoms with E-state index < -0.39 is 0 Å². The molecule has 0 bridgehead atoms. The van der Waals surface area contributed by atoms with Gasteiger partial charge in [0.15, 0.2) is 0 Å². The van der Waals surface area contributed by atoms with E-state index in [-0.39, 0.29) is 0 Å². The first kappa shape index (κ1) is 11.9. The number of hydrogen-bond donors (Lipinski definition) is 2. The molecule has 0 aromatic carbocycles. The van der Waals surface area contributed by atoms with Crippen molar-refractivity contribution >= 4 is 22.9 Å². The van der Waals surface area contributed by atoms with Crippen LogP contribution in [0.2, 0.25) is 0 Å². The number of hydrogen-bond acceptors (Lipinski definition) is 4. The van der Waals surface area contributed by atoms with Crippen LogP contribution in [0.1, 0.15) is 24.8 Å². The maximum Gasteiger partial charge on any atom is 0.106 e. The molecule has 2 aliphatic rings. The second-order valence-electron chi connectivity index (χ2n) is 5.07. The lowest BCUT2D eigenvalue weighted by molar-refractivity contribution is 0.318. The van der Waals surface area contributed by atoms with Crippen LogP contribution in [0.25, 0.3) is 0 Å². The van der Waals surface area contributed by atoms with Crippen molar-refractivity contribution in [3.05, 3.63) is 24.0 Å². The van der Waals surface area contributed by atoms with E-state index in [1.165, 1.54) is 32.4 Å². The molecule has 1 aromatic heterocycles. The molecule has 18 heavy (non-hydrogen) atoms. The molecule has 2 aliphatic heterocycles. The van der Waals surface area contributed by atoms with Gasteiger partial charge in [-0.3, -0.25) is 9.88 Å². The van der Waals surface area contributed by atoms with Gasteiger partial charge >= 0.3 is 0 Å². The second-order valence-corrected chi connectivity index (χ2v) is 5.51. The minimum atomic E-state index is 0.432. The summed E-state index contributed by atoms with van der Waals surface area (Å²) < 4.78 is 0. The van der Waals surface area contributed by atoms with Gasteiger partial charge in [-0.15, -0.1) is 0 Å². The van der Waals surface area contributed by atoms with Gasteiger partial charge in [0.25, 0.3) is 0 Å². The maximum absolute atomic E-state index is 5.75. The van der Waals surface area contributed by atoms with Crippen LogP contribution in [0.4, 0.5) is 5.69 Å². The number of nitrogens with one attached hydrogen (secondary N) is 1. The molecule has 2 unspecified atom stereocenters. The van der Waals surface area contributed by atoms with Crippen molar-refractivity contribution < 1.29 is 0 Å². The molecule has 5 heteroatoms. The zero-order chi connectivity index (χ0) is 12.5. The minimum absolute atomic E-state index is 0.432. The minimum Gasteiger partial charge on any atom is -0.389 e. The van der Waals surface area contributed by atoms with Crippen molar-refractivity contribution in [3.8, 4) is 0 Å². The average Bonchev–Trinajstić information content (AvgIpc) is 2.94. The first-order valence-electron chi connectivity index (χ1n) is 6.50. The normalized spacial score (nSPS) is 27.1. The van der Waals surface area contributed by atoms with E-state index in [1.54, 1.807) is 6.20 Å². The van der Waals surface area contributed by atoms with E-state index in [0.717, 1.165) is 11.3 Å². The molecule has 96 valence electrons. The number of pyridine rings is 1. The summed E-state index contributed by atoms with van der Waals surface area (Å²) in [7, 11) is 0. The number of fused-ring (bicyclic) bond motifs is 1. The molecule has 0 aliphatic carbocycles. The predicted octanol–water partition coefficient (Wildman–Crippen LogP) is 1.36. The van der Waals surface area contributed by atoms with Crippen LogP contribution in [-0.2, 0) is 0 Å². The molecule has 2 fully saturated rings. The van der Waals surface area contributed by atoms with Gasteiger partial charge in [-0.1, -0.05) is 12.2 Å². The van der Waals surface area contributed by atoms with Crippen LogP contribution in [0.5, 0.6) is 0 Å². The first-order chi connectivity index (χ1) is 8.75. The third-order valence-corrected chi connectivity index (χ3v) is 4.25. The van der Waals surface area contributed by atoms with Gasteiger partial charge in [0, 0.05) is 30.4 Å². The molecule has 0 saturated carbocycles. The molecule has 4 nitrogen and oxygen atoms in total. The summed E-state index contributed by atoms with van der Waals surface area (Å²) in [4.78, 5) is 7.17. The van der Waals surface area contributed by atoms with Gasteiger partial charge < -0.3 is 11.1 Å². The summed E-state index contributed by atoms with van der Waals surface area (Å²) in [5, 5.41) is 3.59. The summed E-state index contributed by atoms with van der Waals surface area (Å²) in [6.07, 6.45) is 7.36. The first-order valence-corrected chi connectivity index (χ1v) is 6.91. The van der Waals surface area contributed by atoms with Gasteiger partial charge in [0.05, 0.1) is 11.9 Å². The molecule has 3 rings (SSSR count). The van der Waals surface area contributed by atoms with Crippen LogP contribution in [0.3, 0.4) is 0 Å². The Morgan fingerprint density at radius 1 is 1.44 bits per heavy atom. The highest BCUT2D eigenvalue weighted by Gasteiger charge is 2.37. The number of rotatable bonds is 3. The number of thiocarbonyl (C=S) groups is 1. The zero-order valence-corrected chi connectivity index (χ0v) is 11.1. The molecule has 0 amide bonds. The van der Waals surface area contributed by atoms with E-state index in [0.29, 0.717) is 17.1 Å². The van der Waals surface area contributed by atoms with Crippen LogP contribution >= 0.6 is 12.2 Å². The molecule has 2 saturated heterocycles. The highest BCUT2D eigenvalue weighted by molar-refractivity contribution is 7.80. The summed E-state index contributed by atoms with van der Waals surface area (Å²) in [5.74, 6) is 0. The van der Waals surface area contributed by atoms with Crippen molar-refractivity contribution in [2.75, 3.05) is 18.4 Å². The lowest BCUT2D eigenvalue weighted by Gasteiger charge is -2.23. The highest BCUT2D eigenvalue weighted by Crippen LogP contribution is 2.30. The second kappa shape index (κ2) is 4.82. The predicted molar refractivity (Wildman–Crippen MR) is 76.7 cm³/mol. The van der Waals surface area contributed by atoms with E-state index in [2.05, 4.69) is 15.2 Å². The van der Waals surface area contributed by atoms with Gasteiger partial charge in [0.2, 0.25) is 0 Å². The average molecular weight is 262 g/mol. The Balaban J connectivity index is 1.78. The van der Waals surface area contributed by atoms with Gasteiger partial charge in [0.1, 0.15) is 4.99 Å². The Hall–Kier alpha value is -1.20. The summed E-state index contributed by atoms with van der Waals surface area (Å²) >= 11 is 5.08. The number of nitrogens with two attached hydrogens (primary N) is 1. The van der Waals surface area contributed by atoms with Gasteiger partial charge in [-0.05, 0) is 31.9 Å². The Kier molecular flexibility index (Phi) is 3.18. The quantitative estimate of drug-likeness (QED) is 0.806. The van der Waals surface area contributed by atoms with Gasteiger partial charge in [-0.25, -0.2) is 0 Å². The SMILES string of the molecule is NC(=S)c1ccncc1NC1CCN2CCCC12. The standard InChI is InChI=1S/C13H18N4S/c14-13(18)9-3-5-15-8-11(9)16-10-4-7-17-6-1-2-12(10)17/h3,5,8,10,12,16H,1-2,4,6-7H2,(H2,14,18). The van der Waals surface area contributed by atoms with Crippen molar-refractivity contribution in [1.29, 1.82) is 0 Å². The van der Waals surface area contributed by atoms with Crippen LogP contribution in [-0.4, -0.2) is 40.0 Å². The largest absolute Gasteiger partial charge is 0.389 e. The molecular formula is C13H18N4S. The fourth-order valence-corrected chi connectivity index (χ4v) is 3.35. The number of aromatic nitrogens is 1. The Morgan fingerprint density at radius 2 is 2.33 bits per heavy atom. The fourth-order valence-electron chi connectivity index (χ4n) is 3.17. The van der Waals surface area contributed by atoms with E-state index in [9.17, 15) is 0 Å². The summed E-state index contributed by atoms with van der Waals surface area (Å²) in [6, 6.07) is 3.06. The zero-order valence-electron chi connectivity index (χ0n) is 10.3. The Bertz CT molecular complexity index is 462. The third kappa shape index (κ3) is 2.08. The van der Waals surface area contributed by atoms with Crippen molar-refractivity contribution in [1.82, 2.24) is 9.88 Å². The van der Waals surface area contributed by atoms with Crippen LogP contribution < -0.4 is 11.1 Å². The maximum atomic E-state index is 5.75. The van der Waals surface area contributed by atoms with Crippen LogP contribution in [0.15, 0.2) is 18.5 Å². The van der Waals surface area contributed by atoms with Crippen molar-refractivity contribution in [3.63, 3.8) is 0 Å². The highest BCUT2D eigenvalue weighted by atomic mass is 32.1. The molecule has 3 heterocycles. The van der Waals surface area contributed by atoms with Crippen molar-refractivity contribution in [2.45, 2.75) is 31.3 Å². The third-order valence-electron chi connectivity index (χ3n) is 4.03. The van der Waals surface area contributed by atoms with Gasteiger partial charge in [-0.2, -0.15) is 0 Å². The molecule has 3 N–H and O–H groups in total. The lowest BCUT2D eigenvalue weighted by Crippen LogP contribution is -2.34. The number of anilines is 1. The van der Waals surface area contributed by atoms with E-state index in [1.807, 2.05) is 12.3 Å². The molecule has 2 atom stereocenters. The Morgan fingerprint density at radius 3 is 3.17 bits per heavy atom. The lowest BCUT2D eigenvalue weighted by atomic mass is 10.1. The van der Waals surface area contributed by atoms with E-state index in [4.69, 9.17) is 18.0 Å². The van der Waals surface area contributed by atoms with Crippen molar-refractivity contribution in [2.24, 2.45) is 5.73 Å². The number of nitrogens with zero attached hydrogens (tertiary/aromatic N) is 2. The smallest absolute Gasteiger partial charge is 0.106 e.